The molecule has 2 aromatic heterocycles. The van der Waals surface area contributed by atoms with E-state index in [0.29, 0.717) is 10.9 Å². The van der Waals surface area contributed by atoms with Crippen molar-refractivity contribution in [2.75, 3.05) is 4.90 Å². The third-order valence-electron chi connectivity index (χ3n) is 5.59. The summed E-state index contributed by atoms with van der Waals surface area (Å²) < 4.78 is 2.10. The third kappa shape index (κ3) is 4.49. The average molecular weight is 463 g/mol. The van der Waals surface area contributed by atoms with Crippen LogP contribution in [0.25, 0.3) is 5.69 Å². The van der Waals surface area contributed by atoms with Crippen LogP contribution < -0.4 is 4.90 Å². The van der Waals surface area contributed by atoms with E-state index in [2.05, 4.69) is 54.6 Å². The number of benzene rings is 2. The van der Waals surface area contributed by atoms with E-state index >= 15 is 0 Å². The Morgan fingerprint density at radius 2 is 1.91 bits per heavy atom. The monoisotopic (exact) mass is 462 g/mol. The Labute approximate surface area is 197 Å². The summed E-state index contributed by atoms with van der Waals surface area (Å²) in [5, 5.41) is 3.63. The Bertz CT molecular complexity index is 1270. The lowest BCUT2D eigenvalue weighted by Crippen LogP contribution is -2.23. The summed E-state index contributed by atoms with van der Waals surface area (Å²) in [6.45, 7) is 9.91. The number of hydrogen-bond acceptors (Lipinski definition) is 5. The van der Waals surface area contributed by atoms with E-state index in [0.717, 1.165) is 33.4 Å². The molecule has 164 valence electrons. The second kappa shape index (κ2) is 9.30. The predicted molar refractivity (Wildman–Crippen MR) is 133 cm³/mol. The van der Waals surface area contributed by atoms with Gasteiger partial charge in [-0.05, 0) is 68.1 Å². The number of carbonyl (C=O) groups excluding carboxylic acids is 1. The molecule has 2 aromatic carbocycles. The quantitative estimate of drug-likeness (QED) is 0.305. The molecule has 1 amide bonds. The van der Waals surface area contributed by atoms with Crippen molar-refractivity contribution in [3.05, 3.63) is 82.1 Å². The van der Waals surface area contributed by atoms with E-state index < -0.39 is 0 Å². The summed E-state index contributed by atoms with van der Waals surface area (Å²) in [7, 11) is 0. The summed E-state index contributed by atoms with van der Waals surface area (Å²) in [5.74, 6) is 0.634. The number of carbonyl (C=O) groups is 1. The molecule has 0 saturated heterocycles. The van der Waals surface area contributed by atoms with Gasteiger partial charge in [-0.1, -0.05) is 30.0 Å². The van der Waals surface area contributed by atoms with Crippen LogP contribution in [0.1, 0.15) is 34.9 Å². The van der Waals surface area contributed by atoms with Gasteiger partial charge in [0.15, 0.2) is 10.3 Å². The van der Waals surface area contributed by atoms with Crippen LogP contribution in [0.5, 0.6) is 0 Å². The summed E-state index contributed by atoms with van der Waals surface area (Å²) in [6.07, 6.45) is 3.80. The molecule has 0 atom stereocenters. The highest BCUT2D eigenvalue weighted by molar-refractivity contribution is 7.98. The van der Waals surface area contributed by atoms with Gasteiger partial charge in [0.05, 0.1) is 11.4 Å². The van der Waals surface area contributed by atoms with E-state index in [9.17, 15) is 4.79 Å². The Kier molecular flexibility index (Phi) is 6.48. The zero-order chi connectivity index (χ0) is 22.8. The first kappa shape index (κ1) is 22.3. The maximum atomic E-state index is 12.5. The highest BCUT2D eigenvalue weighted by Crippen LogP contribution is 2.34. The lowest BCUT2D eigenvalue weighted by Gasteiger charge is -2.21. The molecule has 2 heterocycles. The molecule has 7 heteroatoms. The van der Waals surface area contributed by atoms with Gasteiger partial charge in [-0.3, -0.25) is 14.3 Å². The average Bonchev–Trinajstić information content (AvgIpc) is 3.41. The number of anilines is 2. The standard InChI is InChI=1S/C25H26N4OS2/c1-16-9-10-22(13-18(16)3)28-12-11-26-24(28)31-14-21-15-32-25(27-21)29(20(5)30)23-8-6-7-17(2)19(23)4/h6-13,15H,14H2,1-5H3. The number of amides is 1. The second-order valence-corrected chi connectivity index (χ2v) is 9.61. The first-order valence-electron chi connectivity index (χ1n) is 10.4. The SMILES string of the molecule is CC(=O)N(c1nc(CSc2nccn2-c2ccc(C)c(C)c2)cs1)c1cccc(C)c1C. The Morgan fingerprint density at radius 1 is 1.09 bits per heavy atom. The zero-order valence-corrected chi connectivity index (χ0v) is 20.5. The number of hydrogen-bond donors (Lipinski definition) is 0. The van der Waals surface area contributed by atoms with Crippen molar-refractivity contribution in [3.63, 3.8) is 0 Å². The highest BCUT2D eigenvalue weighted by atomic mass is 32.2. The van der Waals surface area contributed by atoms with Crippen LogP contribution in [0, 0.1) is 27.7 Å². The largest absolute Gasteiger partial charge is 0.295 e. The fraction of sp³-hybridized carbons (Fsp3) is 0.240. The van der Waals surface area contributed by atoms with E-state index in [1.165, 1.54) is 22.5 Å². The molecule has 0 aliphatic rings. The molecule has 4 aromatic rings. The molecular weight excluding hydrogens is 436 g/mol. The first-order valence-corrected chi connectivity index (χ1v) is 12.3. The fourth-order valence-corrected chi connectivity index (χ4v) is 5.31. The van der Waals surface area contributed by atoms with Gasteiger partial charge in [-0.25, -0.2) is 9.97 Å². The molecule has 0 radical (unpaired) electrons. The van der Waals surface area contributed by atoms with Crippen LogP contribution in [0.4, 0.5) is 10.8 Å². The molecule has 0 fully saturated rings. The van der Waals surface area contributed by atoms with Crippen molar-refractivity contribution >= 4 is 39.8 Å². The molecule has 0 saturated carbocycles. The van der Waals surface area contributed by atoms with Crippen molar-refractivity contribution in [2.24, 2.45) is 0 Å². The smallest absolute Gasteiger partial charge is 0.230 e. The van der Waals surface area contributed by atoms with Crippen LogP contribution in [0.15, 0.2) is 59.3 Å². The second-order valence-electron chi connectivity index (χ2n) is 7.83. The maximum absolute atomic E-state index is 12.5. The Hall–Kier alpha value is -2.90. The zero-order valence-electron chi connectivity index (χ0n) is 18.9. The van der Waals surface area contributed by atoms with Crippen LogP contribution in [-0.4, -0.2) is 20.4 Å². The lowest BCUT2D eigenvalue weighted by molar-refractivity contribution is -0.115. The molecule has 4 rings (SSSR count). The lowest BCUT2D eigenvalue weighted by atomic mass is 10.1. The van der Waals surface area contributed by atoms with E-state index in [-0.39, 0.29) is 5.91 Å². The van der Waals surface area contributed by atoms with Gasteiger partial charge < -0.3 is 0 Å². The van der Waals surface area contributed by atoms with Crippen molar-refractivity contribution in [3.8, 4) is 5.69 Å². The summed E-state index contributed by atoms with van der Waals surface area (Å²) in [4.78, 5) is 23.5. The molecule has 0 aliphatic carbocycles. The van der Waals surface area contributed by atoms with Gasteiger partial charge >= 0.3 is 0 Å². The fourth-order valence-electron chi connectivity index (χ4n) is 3.46. The number of thiazole rings is 1. The molecule has 0 aliphatic heterocycles. The minimum atomic E-state index is -0.0439. The normalized spacial score (nSPS) is 11.0. The minimum absolute atomic E-state index is 0.0439. The summed E-state index contributed by atoms with van der Waals surface area (Å²) in [5.41, 5.74) is 7.69. The van der Waals surface area contributed by atoms with E-state index in [4.69, 9.17) is 4.98 Å². The van der Waals surface area contributed by atoms with Crippen molar-refractivity contribution in [2.45, 2.75) is 45.5 Å². The number of thioether (sulfide) groups is 1. The third-order valence-corrected chi connectivity index (χ3v) is 7.46. The summed E-state index contributed by atoms with van der Waals surface area (Å²) in [6, 6.07) is 12.4. The van der Waals surface area contributed by atoms with Gasteiger partial charge in [0, 0.05) is 36.1 Å². The number of rotatable bonds is 6. The van der Waals surface area contributed by atoms with Gasteiger partial charge in [0.25, 0.3) is 0 Å². The van der Waals surface area contributed by atoms with Gasteiger partial charge in [0.1, 0.15) is 0 Å². The minimum Gasteiger partial charge on any atom is -0.295 e. The number of aromatic nitrogens is 3. The number of aryl methyl sites for hydroxylation is 3. The Morgan fingerprint density at radius 3 is 2.66 bits per heavy atom. The maximum Gasteiger partial charge on any atom is 0.230 e. The topological polar surface area (TPSA) is 51.0 Å². The van der Waals surface area contributed by atoms with Crippen LogP contribution in [-0.2, 0) is 10.5 Å². The highest BCUT2D eigenvalue weighted by Gasteiger charge is 2.20. The van der Waals surface area contributed by atoms with Gasteiger partial charge in [-0.15, -0.1) is 11.3 Å². The van der Waals surface area contributed by atoms with E-state index in [1.54, 1.807) is 23.6 Å². The van der Waals surface area contributed by atoms with Crippen molar-refractivity contribution in [1.82, 2.24) is 14.5 Å². The number of imidazole rings is 1. The molecule has 0 spiro atoms. The van der Waals surface area contributed by atoms with Gasteiger partial charge in [-0.2, -0.15) is 0 Å². The first-order chi connectivity index (χ1) is 15.3. The Balaban J connectivity index is 1.54. The van der Waals surface area contributed by atoms with Crippen LogP contribution in [0.3, 0.4) is 0 Å². The molecule has 0 bridgehead atoms. The molecule has 0 N–H and O–H groups in total. The van der Waals surface area contributed by atoms with Crippen LogP contribution >= 0.6 is 23.1 Å². The summed E-state index contributed by atoms with van der Waals surface area (Å²) >= 11 is 3.13. The molecular formula is C25H26N4OS2. The number of nitrogens with zero attached hydrogens (tertiary/aromatic N) is 4. The van der Waals surface area contributed by atoms with Crippen molar-refractivity contribution in [1.29, 1.82) is 0 Å². The molecule has 5 nitrogen and oxygen atoms in total. The van der Waals surface area contributed by atoms with Crippen molar-refractivity contribution < 1.29 is 4.79 Å². The van der Waals surface area contributed by atoms with Crippen LogP contribution in [0.2, 0.25) is 0 Å². The molecule has 0 unspecified atom stereocenters. The molecule has 32 heavy (non-hydrogen) atoms. The predicted octanol–water partition coefficient (Wildman–Crippen LogP) is 6.54. The van der Waals surface area contributed by atoms with Gasteiger partial charge in [0.2, 0.25) is 5.91 Å². The van der Waals surface area contributed by atoms with E-state index in [1.807, 2.05) is 36.8 Å².